The van der Waals surface area contributed by atoms with E-state index in [-0.39, 0.29) is 61.6 Å². The summed E-state index contributed by atoms with van der Waals surface area (Å²) in [4.78, 5) is 58.5. The van der Waals surface area contributed by atoms with Crippen LogP contribution in [0.3, 0.4) is 0 Å². The summed E-state index contributed by atoms with van der Waals surface area (Å²) < 4.78 is 109. The molecule has 2 aromatic carbocycles. The standard InChI is InChI=1S/C26H30ClF4N3O2.C14H21ClN2O.C12H11F4NO2/c1-4-22(35)17-8-7-16(20(27)13-17)12-18(34(2)3)15-33-23(36)14-19(24-21(28)6-5-11-32-24)25(9-10-25)26(29,30)31;1-4-14(18)11-6-5-10(13(15)8-11)7-12(9-16)17(2)3;13-8-2-1-5-17-10(8)7(6-9(18)19)11(3-4-11)12(14,15)16/h5-8,11,13,18-19H,4,9-10,12,14-15H2,1-3H3,(H,33,36);5-6,8,12H,4,7,9,16H2,1-3H3;1-2,5,7H,3-4,6H2,(H,18,19)/t18-,19?;12-;/m00./s1. The van der Waals surface area contributed by atoms with Crippen molar-refractivity contribution in [3.05, 3.63) is 128 Å². The Morgan fingerprint density at radius 1 is 0.685 bits per heavy atom. The van der Waals surface area contributed by atoms with Crippen LogP contribution in [-0.2, 0) is 22.4 Å². The van der Waals surface area contributed by atoms with Crippen molar-refractivity contribution in [3.63, 3.8) is 0 Å². The number of halogens is 10. The molecule has 0 saturated heterocycles. The number of carbonyl (C=O) groups is 4. The van der Waals surface area contributed by atoms with Gasteiger partial charge in [0.2, 0.25) is 5.91 Å². The van der Waals surface area contributed by atoms with Gasteiger partial charge in [0.25, 0.3) is 0 Å². The highest BCUT2D eigenvalue weighted by atomic mass is 35.5. The van der Waals surface area contributed by atoms with Crippen LogP contribution in [0, 0.1) is 22.5 Å². The average Bonchev–Trinajstić information content (AvgIpc) is 4.27. The van der Waals surface area contributed by atoms with Gasteiger partial charge in [0, 0.05) is 89.8 Å². The third-order valence-electron chi connectivity index (χ3n) is 13.6. The second kappa shape index (κ2) is 25.9. The first kappa shape index (κ1) is 60.5. The Hall–Kier alpha value is -5.08. The molecule has 2 aromatic heterocycles. The predicted octanol–water partition coefficient (Wildman–Crippen LogP) is 11.1. The Kier molecular flexibility index (Phi) is 21.5. The highest BCUT2D eigenvalue weighted by Crippen LogP contribution is 2.67. The van der Waals surface area contributed by atoms with Crippen LogP contribution in [0.5, 0.6) is 0 Å². The zero-order valence-corrected chi connectivity index (χ0v) is 43.0. The number of nitrogens with one attached hydrogen (secondary N) is 1. The molecule has 2 aliphatic carbocycles. The Bertz CT molecular complexity index is 2540. The molecule has 0 aliphatic heterocycles. The second-order valence-electron chi connectivity index (χ2n) is 18.8. The fourth-order valence-corrected chi connectivity index (χ4v) is 9.13. The number of hydrogen-bond donors (Lipinski definition) is 3. The minimum absolute atomic E-state index is 0.0222. The molecule has 2 saturated carbocycles. The van der Waals surface area contributed by atoms with Gasteiger partial charge in [-0.1, -0.05) is 61.3 Å². The SMILES string of the molecule is CCC(=O)c1ccc(C[C@@H](CN)N(C)C)c(Cl)c1.CCC(=O)c1ccc(C[C@@H](CNC(=O)CC(c2ncccc2F)C2(C(F)(F)F)CC2)N(C)C)c(Cl)c1.O=C(O)CC(c1ncccc1F)C1(C(F)(F)F)CC1. The number of Topliss-reactive ketones (excluding diaryl/α,β-unsaturated/α-hetero) is 2. The molecule has 0 radical (unpaired) electrons. The molecule has 400 valence electrons. The number of pyridine rings is 2. The number of carboxylic acid groups (broad SMARTS) is 1. The maximum Gasteiger partial charge on any atom is 0.395 e. The van der Waals surface area contributed by atoms with Crippen LogP contribution >= 0.6 is 23.2 Å². The van der Waals surface area contributed by atoms with Gasteiger partial charge in [-0.15, -0.1) is 0 Å². The van der Waals surface area contributed by atoms with Crippen molar-refractivity contribution in [1.82, 2.24) is 25.1 Å². The number of alkyl halides is 6. The maximum absolute atomic E-state index is 14.4. The molecule has 1 amide bonds. The van der Waals surface area contributed by atoms with Gasteiger partial charge in [-0.05, 0) is 114 Å². The second-order valence-corrected chi connectivity index (χ2v) is 19.6. The smallest absolute Gasteiger partial charge is 0.395 e. The van der Waals surface area contributed by atoms with Gasteiger partial charge in [0.15, 0.2) is 11.6 Å². The summed E-state index contributed by atoms with van der Waals surface area (Å²) >= 11 is 12.6. The number of hydrogen-bond acceptors (Lipinski definition) is 9. The number of carboxylic acids is 1. The van der Waals surface area contributed by atoms with Crippen molar-refractivity contribution >= 4 is 46.6 Å². The fraction of sp³-hybridized carbons (Fsp3) is 0.500. The van der Waals surface area contributed by atoms with E-state index in [1.807, 2.05) is 52.1 Å². The fourth-order valence-electron chi connectivity index (χ4n) is 8.61. The van der Waals surface area contributed by atoms with E-state index in [2.05, 4.69) is 20.2 Å². The van der Waals surface area contributed by atoms with E-state index >= 15 is 0 Å². The largest absolute Gasteiger partial charge is 0.481 e. The molecular formula is C52H62Cl2F8N6O5. The molecule has 2 unspecified atom stereocenters. The Morgan fingerprint density at radius 2 is 1.08 bits per heavy atom. The number of likely N-dealkylation sites (N-methyl/N-ethyl adjacent to an activating group) is 2. The minimum Gasteiger partial charge on any atom is -0.481 e. The summed E-state index contributed by atoms with van der Waals surface area (Å²) in [5, 5.41) is 12.6. The molecular weight excluding hydrogens is 1010 g/mol. The monoisotopic (exact) mass is 1070 g/mol. The van der Waals surface area contributed by atoms with Crippen molar-refractivity contribution in [3.8, 4) is 0 Å². The van der Waals surface area contributed by atoms with Crippen molar-refractivity contribution in [2.24, 2.45) is 16.6 Å². The third-order valence-corrected chi connectivity index (χ3v) is 14.3. The van der Waals surface area contributed by atoms with E-state index in [0.29, 0.717) is 47.0 Å². The normalized spacial score (nSPS) is 16.2. The first-order valence-electron chi connectivity index (χ1n) is 23.7. The van der Waals surface area contributed by atoms with Crippen molar-refractivity contribution in [1.29, 1.82) is 0 Å². The average molecular weight is 1070 g/mol. The van der Waals surface area contributed by atoms with Gasteiger partial charge < -0.3 is 26.0 Å². The molecule has 2 fully saturated rings. The number of ketones is 2. The Morgan fingerprint density at radius 3 is 1.40 bits per heavy atom. The lowest BCUT2D eigenvalue weighted by atomic mass is 9.82. The van der Waals surface area contributed by atoms with E-state index in [4.69, 9.17) is 34.0 Å². The molecule has 4 N–H and O–H groups in total. The molecule has 2 heterocycles. The van der Waals surface area contributed by atoms with E-state index in [1.165, 1.54) is 24.5 Å². The topological polar surface area (TPSA) is 159 Å². The van der Waals surface area contributed by atoms with Crippen LogP contribution in [0.4, 0.5) is 35.1 Å². The zero-order chi connectivity index (χ0) is 54.6. The van der Waals surface area contributed by atoms with Crippen molar-refractivity contribution in [2.45, 2.75) is 114 Å². The summed E-state index contributed by atoms with van der Waals surface area (Å²) in [7, 11) is 7.63. The van der Waals surface area contributed by atoms with Gasteiger partial charge in [-0.3, -0.25) is 29.1 Å². The molecule has 4 atom stereocenters. The quantitative estimate of drug-likeness (QED) is 0.0542. The van der Waals surface area contributed by atoms with E-state index < -0.39 is 77.1 Å². The zero-order valence-electron chi connectivity index (χ0n) is 41.4. The van der Waals surface area contributed by atoms with Gasteiger partial charge in [0.1, 0.15) is 11.6 Å². The van der Waals surface area contributed by atoms with Gasteiger partial charge in [-0.2, -0.15) is 26.3 Å². The predicted molar refractivity (Wildman–Crippen MR) is 263 cm³/mol. The summed E-state index contributed by atoms with van der Waals surface area (Å²) in [6.45, 7) is 4.34. The highest BCUT2D eigenvalue weighted by Gasteiger charge is 2.69. The number of benzene rings is 2. The summed E-state index contributed by atoms with van der Waals surface area (Å²) in [6, 6.07) is 15.3. The van der Waals surface area contributed by atoms with E-state index in [1.54, 1.807) is 31.2 Å². The van der Waals surface area contributed by atoms with E-state index in [0.717, 1.165) is 29.7 Å². The first-order chi connectivity index (χ1) is 34.2. The van der Waals surface area contributed by atoms with Crippen LogP contribution in [-0.4, -0.2) is 114 Å². The summed E-state index contributed by atoms with van der Waals surface area (Å²) in [5.74, 6) is -6.55. The lowest BCUT2D eigenvalue weighted by Gasteiger charge is -2.29. The number of carbonyl (C=O) groups excluding carboxylic acids is 3. The first-order valence-corrected chi connectivity index (χ1v) is 24.4. The number of aromatic nitrogens is 2. The highest BCUT2D eigenvalue weighted by molar-refractivity contribution is 6.32. The van der Waals surface area contributed by atoms with Gasteiger partial charge in [0.05, 0.1) is 28.6 Å². The van der Waals surface area contributed by atoms with Crippen LogP contribution < -0.4 is 11.1 Å². The maximum atomic E-state index is 14.4. The van der Waals surface area contributed by atoms with Crippen LogP contribution in [0.1, 0.15) is 120 Å². The molecule has 11 nitrogen and oxygen atoms in total. The molecule has 2 aliphatic rings. The van der Waals surface area contributed by atoms with Crippen LogP contribution in [0.15, 0.2) is 73.1 Å². The van der Waals surface area contributed by atoms with Gasteiger partial charge in [-0.25, -0.2) is 8.78 Å². The Labute approximate surface area is 430 Å². The number of nitrogens with two attached hydrogens (primary N) is 1. The number of nitrogens with zero attached hydrogens (tertiary/aromatic N) is 4. The number of aliphatic carboxylic acids is 1. The Balaban J connectivity index is 0.000000262. The molecule has 73 heavy (non-hydrogen) atoms. The third kappa shape index (κ3) is 15.7. The summed E-state index contributed by atoms with van der Waals surface area (Å²) in [6.07, 6.45) is -6.65. The molecule has 0 bridgehead atoms. The van der Waals surface area contributed by atoms with Gasteiger partial charge >= 0.3 is 18.3 Å². The number of rotatable bonds is 21. The summed E-state index contributed by atoms with van der Waals surface area (Å²) in [5.41, 5.74) is 3.70. The van der Waals surface area contributed by atoms with Crippen molar-refractivity contribution in [2.75, 3.05) is 41.3 Å². The lowest BCUT2D eigenvalue weighted by Crippen LogP contribution is -2.43. The molecule has 0 spiro atoms. The lowest BCUT2D eigenvalue weighted by molar-refractivity contribution is -0.196. The molecule has 4 aromatic rings. The van der Waals surface area contributed by atoms with Crippen molar-refractivity contribution < 1.29 is 59.4 Å². The molecule has 6 rings (SSSR count). The minimum atomic E-state index is -4.57. The molecule has 21 heteroatoms. The number of amides is 1. The van der Waals surface area contributed by atoms with Crippen LogP contribution in [0.2, 0.25) is 10.0 Å². The van der Waals surface area contributed by atoms with Crippen LogP contribution in [0.25, 0.3) is 0 Å². The van der Waals surface area contributed by atoms with E-state index in [9.17, 15) is 54.3 Å².